The van der Waals surface area contributed by atoms with E-state index in [0.717, 1.165) is 49.3 Å². The van der Waals surface area contributed by atoms with Gasteiger partial charge in [0.25, 0.3) is 5.91 Å². The van der Waals surface area contributed by atoms with Crippen molar-refractivity contribution in [1.29, 1.82) is 0 Å². The zero-order valence-electron chi connectivity index (χ0n) is 17.5. The zero-order valence-corrected chi connectivity index (χ0v) is 17.5. The minimum absolute atomic E-state index is 0.110. The quantitative estimate of drug-likeness (QED) is 0.628. The smallest absolute Gasteiger partial charge is 0.251 e. The lowest BCUT2D eigenvalue weighted by atomic mass is 9.98. The number of ether oxygens (including phenoxy) is 2. The second-order valence-corrected chi connectivity index (χ2v) is 7.76. The van der Waals surface area contributed by atoms with Gasteiger partial charge in [-0.15, -0.1) is 0 Å². The predicted octanol–water partition coefficient (Wildman–Crippen LogP) is 3.22. The van der Waals surface area contributed by atoms with Crippen molar-refractivity contribution in [2.45, 2.75) is 19.4 Å². The van der Waals surface area contributed by atoms with Crippen LogP contribution in [-0.4, -0.2) is 54.6 Å². The van der Waals surface area contributed by atoms with E-state index < -0.39 is 0 Å². The number of nitrogens with one attached hydrogen (secondary N) is 2. The van der Waals surface area contributed by atoms with Crippen molar-refractivity contribution in [3.8, 4) is 11.5 Å². The summed E-state index contributed by atoms with van der Waals surface area (Å²) in [5.41, 5.74) is 2.62. The van der Waals surface area contributed by atoms with Gasteiger partial charge in [0.1, 0.15) is 17.3 Å². The van der Waals surface area contributed by atoms with Crippen molar-refractivity contribution in [1.82, 2.24) is 20.2 Å². The Kier molecular flexibility index (Phi) is 6.18. The first-order chi connectivity index (χ1) is 14.6. The third kappa shape index (κ3) is 4.74. The molecule has 2 N–H and O–H groups in total. The van der Waals surface area contributed by atoms with Gasteiger partial charge >= 0.3 is 0 Å². The molecule has 0 radical (unpaired) electrons. The van der Waals surface area contributed by atoms with Crippen LogP contribution in [0.1, 0.15) is 29.0 Å². The van der Waals surface area contributed by atoms with E-state index in [4.69, 9.17) is 9.47 Å². The van der Waals surface area contributed by atoms with Crippen molar-refractivity contribution in [2.24, 2.45) is 5.92 Å². The number of methoxy groups -OCH3 is 2. The number of rotatable bonds is 7. The normalized spacial score (nSPS) is 17.1. The van der Waals surface area contributed by atoms with Crippen LogP contribution >= 0.6 is 0 Å². The van der Waals surface area contributed by atoms with Crippen LogP contribution in [0.15, 0.2) is 42.5 Å². The van der Waals surface area contributed by atoms with Gasteiger partial charge in [0.2, 0.25) is 0 Å². The van der Waals surface area contributed by atoms with E-state index in [2.05, 4.69) is 20.2 Å². The highest BCUT2D eigenvalue weighted by atomic mass is 16.5. The summed E-state index contributed by atoms with van der Waals surface area (Å²) in [6.07, 6.45) is 2.23. The highest BCUT2D eigenvalue weighted by Crippen LogP contribution is 2.23. The first-order valence-corrected chi connectivity index (χ1v) is 10.3. The van der Waals surface area contributed by atoms with E-state index in [0.29, 0.717) is 29.5 Å². The number of para-hydroxylation sites is 2. The summed E-state index contributed by atoms with van der Waals surface area (Å²) in [6.45, 7) is 3.44. The van der Waals surface area contributed by atoms with Crippen LogP contribution in [-0.2, 0) is 6.54 Å². The lowest BCUT2D eigenvalue weighted by molar-refractivity contribution is 0.0929. The fourth-order valence-electron chi connectivity index (χ4n) is 4.03. The van der Waals surface area contributed by atoms with Gasteiger partial charge in [-0.25, -0.2) is 4.98 Å². The fraction of sp³-hybridized carbons (Fsp3) is 0.391. The molecule has 7 heteroatoms. The van der Waals surface area contributed by atoms with Crippen LogP contribution in [0.5, 0.6) is 11.5 Å². The molecule has 1 aromatic heterocycles. The molecule has 4 rings (SSSR count). The van der Waals surface area contributed by atoms with E-state index in [9.17, 15) is 4.79 Å². The summed E-state index contributed by atoms with van der Waals surface area (Å²) in [6, 6.07) is 13.3. The maximum Gasteiger partial charge on any atom is 0.251 e. The zero-order chi connectivity index (χ0) is 20.9. The molecule has 0 saturated carbocycles. The molecule has 1 fully saturated rings. The maximum absolute atomic E-state index is 12.6. The number of H-pyrrole nitrogens is 1. The molecule has 2 heterocycles. The van der Waals surface area contributed by atoms with E-state index in [1.54, 1.807) is 32.4 Å². The number of carbonyl (C=O) groups is 1. The number of fused-ring (bicyclic) bond motifs is 1. The Morgan fingerprint density at radius 3 is 2.70 bits per heavy atom. The van der Waals surface area contributed by atoms with Gasteiger partial charge in [0.05, 0.1) is 31.8 Å². The third-order valence-corrected chi connectivity index (χ3v) is 5.58. The number of amides is 1. The van der Waals surface area contributed by atoms with Crippen LogP contribution in [0, 0.1) is 5.92 Å². The van der Waals surface area contributed by atoms with Crippen LogP contribution < -0.4 is 14.8 Å². The Morgan fingerprint density at radius 1 is 1.20 bits per heavy atom. The summed E-state index contributed by atoms with van der Waals surface area (Å²) in [5, 5.41) is 3.08. The SMILES string of the molecule is COc1cc(OC)cc(C(=O)NCC2CCCN(Cc3nc4ccccc4[nH]3)C2)c1. The first kappa shape index (κ1) is 20.2. The number of piperidine rings is 1. The molecular weight excluding hydrogens is 380 g/mol. The fourth-order valence-corrected chi connectivity index (χ4v) is 4.03. The number of likely N-dealkylation sites (tertiary alicyclic amines) is 1. The van der Waals surface area contributed by atoms with Gasteiger partial charge in [-0.2, -0.15) is 0 Å². The molecule has 7 nitrogen and oxygen atoms in total. The number of nitrogens with zero attached hydrogens (tertiary/aromatic N) is 2. The molecule has 158 valence electrons. The number of aromatic nitrogens is 2. The van der Waals surface area contributed by atoms with Crippen molar-refractivity contribution >= 4 is 16.9 Å². The summed E-state index contributed by atoms with van der Waals surface area (Å²) in [4.78, 5) is 23.1. The number of aromatic amines is 1. The van der Waals surface area contributed by atoms with Crippen LogP contribution in [0.4, 0.5) is 0 Å². The van der Waals surface area contributed by atoms with Gasteiger partial charge in [-0.3, -0.25) is 9.69 Å². The lowest BCUT2D eigenvalue weighted by Gasteiger charge is -2.32. The van der Waals surface area contributed by atoms with E-state index in [1.165, 1.54) is 0 Å². The Balaban J connectivity index is 1.33. The molecule has 0 aliphatic carbocycles. The first-order valence-electron chi connectivity index (χ1n) is 10.3. The van der Waals surface area contributed by atoms with Crippen molar-refractivity contribution < 1.29 is 14.3 Å². The second-order valence-electron chi connectivity index (χ2n) is 7.76. The minimum atomic E-state index is -0.110. The van der Waals surface area contributed by atoms with Gasteiger partial charge in [-0.1, -0.05) is 12.1 Å². The molecule has 3 aromatic rings. The summed E-state index contributed by atoms with van der Waals surface area (Å²) >= 11 is 0. The molecule has 1 saturated heterocycles. The number of hydrogen-bond acceptors (Lipinski definition) is 5. The number of benzene rings is 2. The molecule has 1 aliphatic heterocycles. The topological polar surface area (TPSA) is 79.5 Å². The Morgan fingerprint density at radius 2 is 1.97 bits per heavy atom. The van der Waals surface area contributed by atoms with Crippen LogP contribution in [0.25, 0.3) is 11.0 Å². The van der Waals surface area contributed by atoms with Crippen LogP contribution in [0.2, 0.25) is 0 Å². The third-order valence-electron chi connectivity index (χ3n) is 5.58. The van der Waals surface area contributed by atoms with Gasteiger partial charge in [0.15, 0.2) is 0 Å². The van der Waals surface area contributed by atoms with Crippen molar-refractivity contribution in [3.05, 3.63) is 53.9 Å². The van der Waals surface area contributed by atoms with Gasteiger partial charge < -0.3 is 19.8 Å². The number of carbonyl (C=O) groups excluding carboxylic acids is 1. The Labute approximate surface area is 176 Å². The van der Waals surface area contributed by atoms with E-state index in [1.807, 2.05) is 24.3 Å². The van der Waals surface area contributed by atoms with Crippen molar-refractivity contribution in [3.63, 3.8) is 0 Å². The monoisotopic (exact) mass is 408 g/mol. The second kappa shape index (κ2) is 9.17. The predicted molar refractivity (Wildman–Crippen MR) is 116 cm³/mol. The molecular formula is C23H28N4O3. The Hall–Kier alpha value is -3.06. The molecule has 1 atom stereocenters. The molecule has 0 spiro atoms. The summed E-state index contributed by atoms with van der Waals surface area (Å²) in [7, 11) is 3.16. The summed E-state index contributed by atoms with van der Waals surface area (Å²) < 4.78 is 10.5. The molecule has 2 aromatic carbocycles. The largest absolute Gasteiger partial charge is 0.497 e. The maximum atomic E-state index is 12.6. The summed E-state index contributed by atoms with van der Waals surface area (Å²) in [5.74, 6) is 2.51. The number of imidazole rings is 1. The molecule has 1 amide bonds. The number of hydrogen-bond donors (Lipinski definition) is 2. The molecule has 30 heavy (non-hydrogen) atoms. The standard InChI is InChI=1S/C23H28N4O3/c1-29-18-10-17(11-19(12-18)30-2)23(28)24-13-16-6-5-9-27(14-16)15-22-25-20-7-3-4-8-21(20)26-22/h3-4,7-8,10-12,16H,5-6,9,13-15H2,1-2H3,(H,24,28)(H,25,26). The molecule has 0 bridgehead atoms. The average Bonchev–Trinajstić information content (AvgIpc) is 3.19. The minimum Gasteiger partial charge on any atom is -0.497 e. The molecule has 1 unspecified atom stereocenters. The van der Waals surface area contributed by atoms with E-state index in [-0.39, 0.29) is 5.91 Å². The molecule has 1 aliphatic rings. The van der Waals surface area contributed by atoms with E-state index >= 15 is 0 Å². The van der Waals surface area contributed by atoms with Crippen molar-refractivity contribution in [2.75, 3.05) is 33.9 Å². The average molecular weight is 409 g/mol. The highest BCUT2D eigenvalue weighted by Gasteiger charge is 2.22. The van der Waals surface area contributed by atoms with Gasteiger partial charge in [0, 0.05) is 24.7 Å². The lowest BCUT2D eigenvalue weighted by Crippen LogP contribution is -2.40. The van der Waals surface area contributed by atoms with Crippen LogP contribution in [0.3, 0.4) is 0 Å². The Bertz CT molecular complexity index is 961. The van der Waals surface area contributed by atoms with Gasteiger partial charge in [-0.05, 0) is 49.6 Å². The highest BCUT2D eigenvalue weighted by molar-refractivity contribution is 5.95.